The van der Waals surface area contributed by atoms with Crippen LogP contribution in [0.2, 0.25) is 0 Å². The minimum absolute atomic E-state index is 0.0251. The zero-order valence-corrected chi connectivity index (χ0v) is 10.8. The van der Waals surface area contributed by atoms with E-state index in [0.29, 0.717) is 0 Å². The number of carbonyl (C=O) groups is 1. The number of hydrogen-bond donors (Lipinski definition) is 0. The van der Waals surface area contributed by atoms with Crippen molar-refractivity contribution in [2.45, 2.75) is 19.0 Å². The molecular weight excluding hydrogens is 321 g/mol. The lowest BCUT2D eigenvalue weighted by Gasteiger charge is -2.32. The number of benzene rings is 1. The number of esters is 1. The van der Waals surface area contributed by atoms with E-state index in [2.05, 4.69) is 11.3 Å². The van der Waals surface area contributed by atoms with Crippen LogP contribution in [0.3, 0.4) is 0 Å². The average Bonchev–Trinajstić information content (AvgIpc) is 2.36. The quantitative estimate of drug-likeness (QED) is 0.471. The summed E-state index contributed by atoms with van der Waals surface area (Å²) >= 11 is 0. The Bertz CT molecular complexity index is 529. The van der Waals surface area contributed by atoms with E-state index in [1.54, 1.807) is 0 Å². The molecule has 22 heavy (non-hydrogen) atoms. The molecular formula is C13H9F7O2. The average molecular weight is 330 g/mol. The van der Waals surface area contributed by atoms with Gasteiger partial charge in [0.1, 0.15) is 12.4 Å². The molecule has 0 radical (unpaired) electrons. The van der Waals surface area contributed by atoms with Crippen molar-refractivity contribution in [1.82, 2.24) is 0 Å². The highest BCUT2D eigenvalue weighted by molar-refractivity contribution is 5.81. The van der Waals surface area contributed by atoms with Crippen molar-refractivity contribution in [3.8, 4) is 0 Å². The van der Waals surface area contributed by atoms with Gasteiger partial charge in [-0.15, -0.1) is 6.58 Å². The van der Waals surface area contributed by atoms with E-state index in [9.17, 15) is 35.5 Å². The van der Waals surface area contributed by atoms with Crippen molar-refractivity contribution in [3.05, 3.63) is 48.3 Å². The highest BCUT2D eigenvalue weighted by Crippen LogP contribution is 2.52. The van der Waals surface area contributed by atoms with Crippen LogP contribution in [-0.2, 0) is 16.1 Å². The summed E-state index contributed by atoms with van der Waals surface area (Å²) in [4.78, 5) is 11.4. The summed E-state index contributed by atoms with van der Waals surface area (Å²) in [5.41, 5.74) is -4.79. The van der Waals surface area contributed by atoms with E-state index >= 15 is 0 Å². The summed E-state index contributed by atoms with van der Waals surface area (Å²) < 4.78 is 93.3. The van der Waals surface area contributed by atoms with Gasteiger partial charge in [-0.3, -0.25) is 4.79 Å². The Morgan fingerprint density at radius 1 is 1.05 bits per heavy atom. The van der Waals surface area contributed by atoms with E-state index in [1.807, 2.05) is 0 Å². The number of alkyl halides is 6. The fourth-order valence-electron chi connectivity index (χ4n) is 1.55. The van der Waals surface area contributed by atoms with Gasteiger partial charge in [-0.2, -0.15) is 26.3 Å². The van der Waals surface area contributed by atoms with Crippen LogP contribution in [0, 0.1) is 11.2 Å². The van der Waals surface area contributed by atoms with Crippen LogP contribution in [0.25, 0.3) is 0 Å². The van der Waals surface area contributed by atoms with Gasteiger partial charge >= 0.3 is 18.3 Å². The van der Waals surface area contributed by atoms with Gasteiger partial charge in [0.15, 0.2) is 0 Å². The van der Waals surface area contributed by atoms with E-state index in [0.717, 1.165) is 24.3 Å². The lowest BCUT2D eigenvalue weighted by atomic mass is 9.86. The van der Waals surface area contributed by atoms with Gasteiger partial charge in [-0.1, -0.05) is 18.2 Å². The fraction of sp³-hybridized carbons (Fsp3) is 0.308. The Hall–Kier alpha value is -2.06. The molecule has 0 aromatic heterocycles. The summed E-state index contributed by atoms with van der Waals surface area (Å²) in [6, 6.07) is 3.94. The van der Waals surface area contributed by atoms with Crippen molar-refractivity contribution < 1.29 is 40.3 Å². The molecule has 0 spiro atoms. The molecule has 0 aliphatic heterocycles. The van der Waals surface area contributed by atoms with Crippen LogP contribution in [0.4, 0.5) is 30.7 Å². The minimum Gasteiger partial charge on any atom is -0.460 e. The first-order valence-corrected chi connectivity index (χ1v) is 5.64. The third kappa shape index (κ3) is 3.23. The second kappa shape index (κ2) is 5.98. The van der Waals surface area contributed by atoms with Crippen LogP contribution < -0.4 is 0 Å². The summed E-state index contributed by atoms with van der Waals surface area (Å²) in [5, 5.41) is 0. The molecule has 1 aromatic rings. The van der Waals surface area contributed by atoms with Crippen LogP contribution in [-0.4, -0.2) is 18.3 Å². The van der Waals surface area contributed by atoms with Gasteiger partial charge < -0.3 is 4.74 Å². The number of halogens is 7. The van der Waals surface area contributed by atoms with Crippen LogP contribution in [0.1, 0.15) is 5.56 Å². The second-order valence-corrected chi connectivity index (χ2v) is 4.21. The molecule has 0 heterocycles. The van der Waals surface area contributed by atoms with Gasteiger partial charge in [0.2, 0.25) is 0 Å². The Labute approximate surface area is 120 Å². The molecule has 1 aromatic carbocycles. The fourth-order valence-corrected chi connectivity index (χ4v) is 1.55. The molecule has 0 unspecified atom stereocenters. The van der Waals surface area contributed by atoms with E-state index in [1.165, 1.54) is 0 Å². The summed E-state index contributed by atoms with van der Waals surface area (Å²) in [7, 11) is 0. The van der Waals surface area contributed by atoms with Crippen molar-refractivity contribution in [3.63, 3.8) is 0 Å². The molecule has 9 heteroatoms. The number of ether oxygens (including phenoxy) is 1. The van der Waals surface area contributed by atoms with Gasteiger partial charge in [-0.25, -0.2) is 4.39 Å². The SMILES string of the molecule is C=CC(C(=O)OCc1ccc(F)cc1)(C(F)(F)F)C(F)(F)F. The molecule has 0 aliphatic carbocycles. The largest absolute Gasteiger partial charge is 0.460 e. The van der Waals surface area contributed by atoms with Crippen molar-refractivity contribution >= 4 is 5.97 Å². The molecule has 2 nitrogen and oxygen atoms in total. The normalized spacial score (nSPS) is 12.9. The van der Waals surface area contributed by atoms with Crippen LogP contribution in [0.5, 0.6) is 0 Å². The summed E-state index contributed by atoms with van der Waals surface area (Å²) in [5.74, 6) is -3.21. The predicted molar refractivity (Wildman–Crippen MR) is 60.9 cm³/mol. The molecule has 0 fully saturated rings. The molecule has 0 atom stereocenters. The van der Waals surface area contributed by atoms with E-state index in [4.69, 9.17) is 0 Å². The molecule has 122 valence electrons. The van der Waals surface area contributed by atoms with Crippen molar-refractivity contribution in [1.29, 1.82) is 0 Å². The predicted octanol–water partition coefficient (Wildman–Crippen LogP) is 4.17. The summed E-state index contributed by atoms with van der Waals surface area (Å²) in [6.07, 6.45) is -12.5. The summed E-state index contributed by atoms with van der Waals surface area (Å²) in [6.45, 7) is 1.59. The highest BCUT2D eigenvalue weighted by Gasteiger charge is 2.75. The number of carbonyl (C=O) groups excluding carboxylic acids is 1. The van der Waals surface area contributed by atoms with Crippen molar-refractivity contribution in [2.24, 2.45) is 5.41 Å². The zero-order chi connectivity index (χ0) is 17.2. The molecule has 0 N–H and O–H groups in total. The standard InChI is InChI=1S/C13H9F7O2/c1-2-11(12(15,16)17,13(18,19)20)10(21)22-7-8-3-5-9(14)6-4-8/h2-6H,1,7H2. The zero-order valence-electron chi connectivity index (χ0n) is 10.8. The maximum atomic E-state index is 12.8. The Morgan fingerprint density at radius 3 is 1.86 bits per heavy atom. The maximum Gasteiger partial charge on any atom is 0.417 e. The second-order valence-electron chi connectivity index (χ2n) is 4.21. The molecule has 0 saturated carbocycles. The van der Waals surface area contributed by atoms with Crippen molar-refractivity contribution in [2.75, 3.05) is 0 Å². The number of rotatable bonds is 4. The third-order valence-electron chi connectivity index (χ3n) is 2.81. The van der Waals surface area contributed by atoms with Gasteiger partial charge in [0, 0.05) is 0 Å². The first-order chi connectivity index (χ1) is 9.95. The Balaban J connectivity index is 3.04. The van der Waals surface area contributed by atoms with Gasteiger partial charge in [0.25, 0.3) is 5.41 Å². The Kier molecular flexibility index (Phi) is 4.89. The smallest absolute Gasteiger partial charge is 0.417 e. The monoisotopic (exact) mass is 330 g/mol. The molecule has 0 bridgehead atoms. The first-order valence-electron chi connectivity index (χ1n) is 5.64. The van der Waals surface area contributed by atoms with Gasteiger partial charge in [0.05, 0.1) is 0 Å². The third-order valence-corrected chi connectivity index (χ3v) is 2.81. The highest BCUT2D eigenvalue weighted by atomic mass is 19.4. The molecule has 0 saturated heterocycles. The van der Waals surface area contributed by atoms with E-state index in [-0.39, 0.29) is 5.56 Å². The van der Waals surface area contributed by atoms with E-state index < -0.39 is 42.2 Å². The number of hydrogen-bond acceptors (Lipinski definition) is 2. The lowest BCUT2D eigenvalue weighted by molar-refractivity contribution is -0.315. The molecule has 1 rings (SSSR count). The Morgan fingerprint density at radius 2 is 1.50 bits per heavy atom. The maximum absolute atomic E-state index is 12.8. The molecule has 0 amide bonds. The first kappa shape index (κ1) is 18.0. The van der Waals surface area contributed by atoms with Crippen LogP contribution in [0.15, 0.2) is 36.9 Å². The minimum atomic E-state index is -5.97. The molecule has 0 aliphatic rings. The van der Waals surface area contributed by atoms with Crippen LogP contribution >= 0.6 is 0 Å². The lowest BCUT2D eigenvalue weighted by Crippen LogP contribution is -2.54. The van der Waals surface area contributed by atoms with Gasteiger partial charge in [-0.05, 0) is 17.7 Å². The topological polar surface area (TPSA) is 26.3 Å².